The van der Waals surface area contributed by atoms with Crippen LogP contribution in [0.2, 0.25) is 0 Å². The molecule has 1 heterocycles. The Hall–Kier alpha value is -1.25. The highest BCUT2D eigenvalue weighted by Crippen LogP contribution is 2.37. The zero-order valence-corrected chi connectivity index (χ0v) is 12.1. The van der Waals surface area contributed by atoms with Crippen molar-refractivity contribution in [2.45, 2.75) is 31.9 Å². The average Bonchev–Trinajstić information content (AvgIpc) is 2.72. The molecule has 2 rings (SSSR count). The molecular formula is C11H15N2O7P-2. The Morgan fingerprint density at radius 2 is 2.14 bits per heavy atom. The Kier molecular flexibility index (Phi) is 4.50. The van der Waals surface area contributed by atoms with Crippen molar-refractivity contribution in [3.05, 3.63) is 32.6 Å². The van der Waals surface area contributed by atoms with Gasteiger partial charge in [0.1, 0.15) is 0 Å². The largest absolute Gasteiger partial charge is 0.790 e. The zero-order chi connectivity index (χ0) is 15.8. The van der Waals surface area contributed by atoms with E-state index in [0.717, 1.165) is 0 Å². The van der Waals surface area contributed by atoms with Crippen LogP contribution in [-0.4, -0.2) is 27.4 Å². The molecule has 1 aliphatic carbocycles. The molecule has 1 aromatic rings. The lowest BCUT2D eigenvalue weighted by Crippen LogP contribution is -2.32. The van der Waals surface area contributed by atoms with Gasteiger partial charge < -0.3 is 24.0 Å². The lowest BCUT2D eigenvalue weighted by Gasteiger charge is -2.30. The van der Waals surface area contributed by atoms with E-state index in [2.05, 4.69) is 9.51 Å². The molecule has 0 radical (unpaired) electrons. The number of aromatic amines is 1. The summed E-state index contributed by atoms with van der Waals surface area (Å²) in [5, 5.41) is 9.87. The van der Waals surface area contributed by atoms with Crippen molar-refractivity contribution in [1.82, 2.24) is 9.55 Å². The van der Waals surface area contributed by atoms with Crippen LogP contribution in [0.3, 0.4) is 0 Å². The minimum atomic E-state index is -5.09. The number of hydrogen-bond acceptors (Lipinski definition) is 7. The molecular weight excluding hydrogens is 303 g/mol. The number of nitrogens with one attached hydrogen (secondary N) is 1. The van der Waals surface area contributed by atoms with Crippen molar-refractivity contribution >= 4 is 7.82 Å². The first-order valence-electron chi connectivity index (χ1n) is 6.34. The summed E-state index contributed by atoms with van der Waals surface area (Å²) in [7, 11) is -5.09. The van der Waals surface area contributed by atoms with E-state index in [4.69, 9.17) is 0 Å². The number of phosphoric ester groups is 1. The van der Waals surface area contributed by atoms with Gasteiger partial charge in [0.25, 0.3) is 5.56 Å². The van der Waals surface area contributed by atoms with Gasteiger partial charge in [-0.3, -0.25) is 14.3 Å². The standard InChI is InChI=1S/C11H17N2O7P/c1-6-4-13(11(16)12-10(6)15)8-2-7(9(14)3-8)5-20-21(17,18)19/h4,7-9,14H,2-3,5H2,1H3,(H,12,15,16)(H2,17,18,19)/p-2/t7-,8-,9+/m1/s1. The summed E-state index contributed by atoms with van der Waals surface area (Å²) in [6.45, 7) is 1.13. The summed E-state index contributed by atoms with van der Waals surface area (Å²) in [6.07, 6.45) is 0.989. The van der Waals surface area contributed by atoms with Crippen LogP contribution >= 0.6 is 7.82 Å². The van der Waals surface area contributed by atoms with E-state index in [9.17, 15) is 29.0 Å². The van der Waals surface area contributed by atoms with Gasteiger partial charge in [-0.1, -0.05) is 0 Å². The topological polar surface area (TPSA) is 148 Å². The van der Waals surface area contributed by atoms with Crippen LogP contribution < -0.4 is 21.0 Å². The molecule has 2 N–H and O–H groups in total. The molecule has 1 fully saturated rings. The van der Waals surface area contributed by atoms with E-state index in [-0.39, 0.29) is 12.8 Å². The van der Waals surface area contributed by atoms with Crippen molar-refractivity contribution in [2.24, 2.45) is 5.92 Å². The molecule has 9 nitrogen and oxygen atoms in total. The predicted octanol–water partition coefficient (Wildman–Crippen LogP) is -2.00. The number of rotatable bonds is 4. The Bertz CT molecular complexity index is 676. The molecule has 1 aromatic heterocycles. The van der Waals surface area contributed by atoms with Crippen LogP contribution in [0.4, 0.5) is 0 Å². The third-order valence-electron chi connectivity index (χ3n) is 3.62. The van der Waals surface area contributed by atoms with Crippen LogP contribution in [0.5, 0.6) is 0 Å². The van der Waals surface area contributed by atoms with Crippen LogP contribution in [0.15, 0.2) is 15.8 Å². The van der Waals surface area contributed by atoms with Crippen LogP contribution in [0.25, 0.3) is 0 Å². The molecule has 0 bridgehead atoms. The van der Waals surface area contributed by atoms with E-state index < -0.39 is 43.7 Å². The SMILES string of the molecule is Cc1cn([C@@H]2C[C@H](COP(=O)([O-])[O-])[C@@H](O)C2)c(=O)[nH]c1=O. The molecule has 0 aliphatic heterocycles. The van der Waals surface area contributed by atoms with Gasteiger partial charge in [-0.05, 0) is 19.8 Å². The maximum atomic E-state index is 11.8. The number of aliphatic hydroxyl groups excluding tert-OH is 1. The number of aromatic nitrogens is 2. The number of phosphoric acid groups is 1. The molecule has 1 saturated carbocycles. The molecule has 10 heteroatoms. The Balaban J connectivity index is 2.14. The highest BCUT2D eigenvalue weighted by molar-refractivity contribution is 7.43. The quantitative estimate of drug-likeness (QED) is 0.610. The number of aliphatic hydroxyl groups is 1. The summed E-state index contributed by atoms with van der Waals surface area (Å²) in [5.74, 6) is -0.564. The highest BCUT2D eigenvalue weighted by atomic mass is 31.2. The first kappa shape index (κ1) is 16.1. The predicted molar refractivity (Wildman–Crippen MR) is 67.4 cm³/mol. The molecule has 0 unspecified atom stereocenters. The second kappa shape index (κ2) is 5.86. The Morgan fingerprint density at radius 1 is 1.48 bits per heavy atom. The van der Waals surface area contributed by atoms with Crippen LogP contribution in [0.1, 0.15) is 24.4 Å². The first-order chi connectivity index (χ1) is 9.67. The van der Waals surface area contributed by atoms with E-state index in [0.29, 0.717) is 5.56 Å². The highest BCUT2D eigenvalue weighted by Gasteiger charge is 2.34. The normalized spacial score (nSPS) is 26.2. The van der Waals surface area contributed by atoms with Gasteiger partial charge in [0, 0.05) is 23.7 Å². The Morgan fingerprint density at radius 3 is 2.76 bits per heavy atom. The fraction of sp³-hybridized carbons (Fsp3) is 0.636. The molecule has 118 valence electrons. The summed E-state index contributed by atoms with van der Waals surface area (Å²) in [5.41, 5.74) is -0.719. The minimum absolute atomic E-state index is 0.210. The first-order valence-corrected chi connectivity index (χ1v) is 7.80. The Labute approximate surface area is 119 Å². The third-order valence-corrected chi connectivity index (χ3v) is 4.08. The fourth-order valence-electron chi connectivity index (χ4n) is 2.52. The maximum Gasteiger partial charge on any atom is 0.328 e. The summed E-state index contributed by atoms with van der Waals surface area (Å²) < 4.78 is 15.9. The van der Waals surface area contributed by atoms with Gasteiger partial charge in [-0.25, -0.2) is 4.79 Å². The second-order valence-electron chi connectivity index (χ2n) is 5.17. The van der Waals surface area contributed by atoms with Crippen molar-refractivity contribution in [3.63, 3.8) is 0 Å². The van der Waals surface area contributed by atoms with Crippen molar-refractivity contribution in [2.75, 3.05) is 6.61 Å². The van der Waals surface area contributed by atoms with Crippen molar-refractivity contribution in [3.8, 4) is 0 Å². The lowest BCUT2D eigenvalue weighted by atomic mass is 10.1. The summed E-state index contributed by atoms with van der Waals surface area (Å²) in [6, 6.07) is -0.394. The molecule has 1 aliphatic rings. The van der Waals surface area contributed by atoms with Crippen LogP contribution in [0, 0.1) is 12.8 Å². The van der Waals surface area contributed by atoms with Gasteiger partial charge in [0.05, 0.1) is 20.5 Å². The van der Waals surface area contributed by atoms with Gasteiger partial charge in [0.2, 0.25) is 0 Å². The van der Waals surface area contributed by atoms with E-state index >= 15 is 0 Å². The number of nitrogens with zero attached hydrogens (tertiary/aromatic N) is 1. The minimum Gasteiger partial charge on any atom is -0.790 e. The summed E-state index contributed by atoms with van der Waals surface area (Å²) >= 11 is 0. The van der Waals surface area contributed by atoms with Gasteiger partial charge in [-0.2, -0.15) is 0 Å². The molecule has 3 atom stereocenters. The molecule has 0 aromatic carbocycles. The van der Waals surface area contributed by atoms with E-state index in [1.807, 2.05) is 0 Å². The average molecular weight is 318 g/mol. The monoisotopic (exact) mass is 318 g/mol. The molecule has 0 spiro atoms. The van der Waals surface area contributed by atoms with Gasteiger partial charge in [-0.15, -0.1) is 0 Å². The molecule has 0 saturated heterocycles. The molecule has 21 heavy (non-hydrogen) atoms. The fourth-order valence-corrected chi connectivity index (χ4v) is 2.90. The smallest absolute Gasteiger partial charge is 0.328 e. The third kappa shape index (κ3) is 3.90. The second-order valence-corrected chi connectivity index (χ2v) is 6.33. The van der Waals surface area contributed by atoms with E-state index in [1.165, 1.54) is 10.8 Å². The lowest BCUT2D eigenvalue weighted by molar-refractivity contribution is -0.342. The number of H-pyrrole nitrogens is 1. The van der Waals surface area contributed by atoms with Crippen molar-refractivity contribution in [1.29, 1.82) is 0 Å². The zero-order valence-electron chi connectivity index (χ0n) is 11.2. The van der Waals surface area contributed by atoms with Crippen LogP contribution in [-0.2, 0) is 9.09 Å². The number of hydrogen-bond donors (Lipinski definition) is 2. The molecule has 0 amide bonds. The summed E-state index contributed by atoms with van der Waals surface area (Å²) in [4.78, 5) is 46.1. The number of aryl methyl sites for hydroxylation is 1. The van der Waals surface area contributed by atoms with Gasteiger partial charge >= 0.3 is 5.69 Å². The van der Waals surface area contributed by atoms with Crippen molar-refractivity contribution < 1.29 is 24.0 Å². The van der Waals surface area contributed by atoms with E-state index in [1.54, 1.807) is 6.92 Å². The van der Waals surface area contributed by atoms with Gasteiger partial charge in [0.15, 0.2) is 0 Å². The maximum absolute atomic E-state index is 11.8.